The second-order valence-corrected chi connectivity index (χ2v) is 2.67. The molecule has 0 fully saturated rings. The van der Waals surface area contributed by atoms with E-state index in [2.05, 4.69) is 0 Å². The fourth-order valence-electron chi connectivity index (χ4n) is 0.892. The first kappa shape index (κ1) is 12.3. The van der Waals surface area contributed by atoms with E-state index in [0.29, 0.717) is 0 Å². The van der Waals surface area contributed by atoms with Crippen molar-refractivity contribution in [2.75, 3.05) is 19.7 Å². The molecule has 0 aromatic carbocycles. The number of hydrogen-bond acceptors (Lipinski definition) is 5. The molecule has 0 aliphatic heterocycles. The lowest BCUT2D eigenvalue weighted by Crippen LogP contribution is -2.51. The molecular formula is C7H15NO5. The van der Waals surface area contributed by atoms with Crippen molar-refractivity contribution < 1.29 is 25.2 Å². The molecule has 0 aliphatic carbocycles. The predicted octanol–water partition coefficient (Wildman–Crippen LogP) is -1.59. The molecule has 0 saturated heterocycles. The summed E-state index contributed by atoms with van der Waals surface area (Å²) in [6.07, 6.45) is -0.0275. The van der Waals surface area contributed by atoms with Gasteiger partial charge in [-0.15, -0.1) is 0 Å². The van der Waals surface area contributed by atoms with E-state index in [1.54, 1.807) is 0 Å². The molecule has 0 atom stereocenters. The first-order chi connectivity index (χ1) is 5.94. The second-order valence-electron chi connectivity index (χ2n) is 2.67. The van der Waals surface area contributed by atoms with Crippen molar-refractivity contribution in [3.63, 3.8) is 0 Å². The van der Waals surface area contributed by atoms with Crippen LogP contribution in [0.5, 0.6) is 0 Å². The van der Waals surface area contributed by atoms with Crippen LogP contribution in [0, 0.1) is 0 Å². The van der Waals surface area contributed by atoms with Crippen LogP contribution in [0.25, 0.3) is 0 Å². The standard InChI is InChI=1S/C7H15NO5/c1-2-7(12,13)8(3-4-9)5-6(10)11/h9,12-13H,2-5H2,1H3,(H,10,11). The Morgan fingerprint density at radius 1 is 1.46 bits per heavy atom. The zero-order valence-corrected chi connectivity index (χ0v) is 7.47. The van der Waals surface area contributed by atoms with E-state index in [4.69, 9.17) is 10.2 Å². The number of carboxylic acids is 1. The quantitative estimate of drug-likeness (QED) is 0.379. The van der Waals surface area contributed by atoms with E-state index in [1.807, 2.05) is 0 Å². The molecule has 0 bridgehead atoms. The van der Waals surface area contributed by atoms with Crippen LogP contribution in [0.4, 0.5) is 0 Å². The van der Waals surface area contributed by atoms with Crippen LogP contribution in [0.3, 0.4) is 0 Å². The predicted molar refractivity (Wildman–Crippen MR) is 43.8 cm³/mol. The molecule has 6 heteroatoms. The highest BCUT2D eigenvalue weighted by Crippen LogP contribution is 2.11. The first-order valence-electron chi connectivity index (χ1n) is 3.96. The van der Waals surface area contributed by atoms with E-state index in [1.165, 1.54) is 6.92 Å². The molecule has 13 heavy (non-hydrogen) atoms. The summed E-state index contributed by atoms with van der Waals surface area (Å²) in [4.78, 5) is 11.2. The summed E-state index contributed by atoms with van der Waals surface area (Å²) in [5, 5.41) is 35.5. The van der Waals surface area contributed by atoms with Gasteiger partial charge in [-0.2, -0.15) is 0 Å². The van der Waals surface area contributed by atoms with E-state index in [-0.39, 0.29) is 19.6 Å². The average molecular weight is 193 g/mol. The molecule has 0 heterocycles. The zero-order valence-electron chi connectivity index (χ0n) is 7.47. The number of carboxylic acid groups (broad SMARTS) is 1. The molecular weight excluding hydrogens is 178 g/mol. The van der Waals surface area contributed by atoms with Gasteiger partial charge in [0.05, 0.1) is 6.61 Å². The van der Waals surface area contributed by atoms with E-state index in [9.17, 15) is 15.0 Å². The van der Waals surface area contributed by atoms with E-state index < -0.39 is 18.4 Å². The van der Waals surface area contributed by atoms with Crippen molar-refractivity contribution in [1.82, 2.24) is 4.90 Å². The fraction of sp³-hybridized carbons (Fsp3) is 0.857. The SMILES string of the molecule is CCC(O)(O)N(CCO)CC(=O)O. The van der Waals surface area contributed by atoms with Gasteiger partial charge in [-0.05, 0) is 0 Å². The Bertz CT molecular complexity index is 170. The van der Waals surface area contributed by atoms with Crippen LogP contribution in [0.15, 0.2) is 0 Å². The number of nitrogens with zero attached hydrogens (tertiary/aromatic N) is 1. The highest BCUT2D eigenvalue weighted by atomic mass is 16.5. The molecule has 0 rings (SSSR count). The highest BCUT2D eigenvalue weighted by Gasteiger charge is 2.30. The largest absolute Gasteiger partial charge is 0.480 e. The monoisotopic (exact) mass is 193 g/mol. The second kappa shape index (κ2) is 5.13. The number of rotatable bonds is 6. The van der Waals surface area contributed by atoms with Crippen molar-refractivity contribution >= 4 is 5.97 Å². The third-order valence-electron chi connectivity index (χ3n) is 1.68. The van der Waals surface area contributed by atoms with Crippen LogP contribution in [0.2, 0.25) is 0 Å². The van der Waals surface area contributed by atoms with Crippen LogP contribution >= 0.6 is 0 Å². The van der Waals surface area contributed by atoms with Crippen LogP contribution in [-0.4, -0.2) is 56.9 Å². The van der Waals surface area contributed by atoms with Crippen molar-refractivity contribution in [2.45, 2.75) is 19.3 Å². The van der Waals surface area contributed by atoms with Gasteiger partial charge in [-0.3, -0.25) is 4.79 Å². The van der Waals surface area contributed by atoms with Crippen molar-refractivity contribution in [2.24, 2.45) is 0 Å². The molecule has 0 unspecified atom stereocenters. The summed E-state index contributed by atoms with van der Waals surface area (Å²) in [5.41, 5.74) is 0. The lowest BCUT2D eigenvalue weighted by atomic mass is 10.3. The summed E-state index contributed by atoms with van der Waals surface area (Å²) in [7, 11) is 0. The number of hydrogen-bond donors (Lipinski definition) is 4. The van der Waals surface area contributed by atoms with Crippen molar-refractivity contribution in [3.8, 4) is 0 Å². The molecule has 0 spiro atoms. The molecule has 0 saturated carbocycles. The summed E-state index contributed by atoms with van der Waals surface area (Å²) in [6.45, 7) is 0.580. The molecule has 0 amide bonds. The summed E-state index contributed by atoms with van der Waals surface area (Å²) >= 11 is 0. The van der Waals surface area contributed by atoms with Gasteiger partial charge in [-0.25, -0.2) is 4.90 Å². The van der Waals surface area contributed by atoms with Crippen molar-refractivity contribution in [3.05, 3.63) is 0 Å². The highest BCUT2D eigenvalue weighted by molar-refractivity contribution is 5.69. The van der Waals surface area contributed by atoms with Gasteiger partial charge in [-0.1, -0.05) is 6.92 Å². The number of aliphatic hydroxyl groups excluding tert-OH is 1. The Balaban J connectivity index is 4.30. The maximum atomic E-state index is 10.3. The molecule has 0 aliphatic rings. The average Bonchev–Trinajstić information content (AvgIpc) is 2.03. The van der Waals surface area contributed by atoms with Crippen LogP contribution < -0.4 is 0 Å². The fourth-order valence-corrected chi connectivity index (χ4v) is 0.892. The van der Waals surface area contributed by atoms with E-state index >= 15 is 0 Å². The van der Waals surface area contributed by atoms with Gasteiger partial charge < -0.3 is 20.4 Å². The lowest BCUT2D eigenvalue weighted by Gasteiger charge is -2.32. The molecule has 0 aromatic heterocycles. The minimum Gasteiger partial charge on any atom is -0.480 e. The number of aliphatic hydroxyl groups is 3. The minimum absolute atomic E-state index is 0.0275. The smallest absolute Gasteiger partial charge is 0.317 e. The topological polar surface area (TPSA) is 101 Å². The number of aliphatic carboxylic acids is 1. The normalized spacial score (nSPS) is 12.1. The van der Waals surface area contributed by atoms with Gasteiger partial charge in [0.1, 0.15) is 6.54 Å². The summed E-state index contributed by atoms with van der Waals surface area (Å²) < 4.78 is 0. The van der Waals surface area contributed by atoms with Gasteiger partial charge in [0.25, 0.3) is 0 Å². The Hall–Kier alpha value is -0.690. The Labute approximate surface area is 76.0 Å². The maximum Gasteiger partial charge on any atom is 0.317 e. The van der Waals surface area contributed by atoms with Crippen molar-refractivity contribution in [1.29, 1.82) is 0 Å². The van der Waals surface area contributed by atoms with Gasteiger partial charge in [0.15, 0.2) is 0 Å². The van der Waals surface area contributed by atoms with Gasteiger partial charge in [0.2, 0.25) is 5.91 Å². The molecule has 0 aromatic rings. The maximum absolute atomic E-state index is 10.3. The molecule has 0 radical (unpaired) electrons. The third kappa shape index (κ3) is 4.18. The van der Waals surface area contributed by atoms with Gasteiger partial charge >= 0.3 is 5.97 Å². The van der Waals surface area contributed by atoms with Crippen LogP contribution in [0.1, 0.15) is 13.3 Å². The summed E-state index contributed by atoms with van der Waals surface area (Å²) in [6, 6.07) is 0. The van der Waals surface area contributed by atoms with Gasteiger partial charge in [0, 0.05) is 13.0 Å². The van der Waals surface area contributed by atoms with E-state index in [0.717, 1.165) is 4.90 Å². The molecule has 6 nitrogen and oxygen atoms in total. The molecule has 4 N–H and O–H groups in total. The Morgan fingerprint density at radius 2 is 2.00 bits per heavy atom. The lowest BCUT2D eigenvalue weighted by molar-refractivity contribution is -0.266. The first-order valence-corrected chi connectivity index (χ1v) is 3.96. The minimum atomic E-state index is -2.17. The molecule has 78 valence electrons. The summed E-state index contributed by atoms with van der Waals surface area (Å²) in [5.74, 6) is -3.34. The number of carbonyl (C=O) groups is 1. The third-order valence-corrected chi connectivity index (χ3v) is 1.68. The Kier molecular flexibility index (Phi) is 4.86. The zero-order chi connectivity index (χ0) is 10.5. The Morgan fingerprint density at radius 3 is 2.31 bits per heavy atom. The van der Waals surface area contributed by atoms with Crippen LogP contribution in [-0.2, 0) is 4.79 Å².